The molecule has 4 aromatic heterocycles. The zero-order valence-electron chi connectivity index (χ0n) is 63.6. The molecule has 12 nitrogen and oxygen atoms in total. The zero-order valence-corrected chi connectivity index (χ0v) is 73.2. The summed E-state index contributed by atoms with van der Waals surface area (Å²) in [5, 5.41) is 8.27. The molecule has 4 heterocycles. The maximum absolute atomic E-state index is 13.3. The number of hydrogen-bond donors (Lipinski definition) is 0. The Hall–Kier alpha value is -9.06. The van der Waals surface area contributed by atoms with Crippen molar-refractivity contribution in [3.8, 4) is 45.0 Å². The topological polar surface area (TPSA) is 188 Å². The van der Waals surface area contributed by atoms with Crippen LogP contribution in [0.5, 0.6) is 0 Å². The molecule has 0 spiro atoms. The van der Waals surface area contributed by atoms with E-state index in [-0.39, 0.29) is 158 Å². The van der Waals surface area contributed by atoms with E-state index in [0.29, 0.717) is 28.1 Å². The summed E-state index contributed by atoms with van der Waals surface area (Å²) in [5.41, 5.74) is 6.07. The van der Waals surface area contributed by atoms with Gasteiger partial charge in [-0.15, -0.1) is 107 Å². The Morgan fingerprint density at radius 1 is 0.387 bits per heavy atom. The van der Waals surface area contributed by atoms with Gasteiger partial charge >= 0.3 is 6.18 Å². The first kappa shape index (κ1) is 99.9. The monoisotopic (exact) mass is 2220 g/mol. The maximum Gasteiger partial charge on any atom is 0.381 e. The van der Waals surface area contributed by atoms with Gasteiger partial charge in [0.25, 0.3) is 0 Å². The Morgan fingerprint density at radius 2 is 0.784 bits per heavy atom. The van der Waals surface area contributed by atoms with Crippen LogP contribution in [0.3, 0.4) is 0 Å². The number of pyridine rings is 4. The van der Waals surface area contributed by atoms with E-state index in [1.807, 2.05) is 163 Å². The Morgan fingerprint density at radius 3 is 1.15 bits per heavy atom. The summed E-state index contributed by atoms with van der Waals surface area (Å²) in [7, 11) is 0. The Balaban J connectivity index is 0.000000649. The zero-order chi connectivity index (χ0) is 79.3. The third kappa shape index (κ3) is 34.6. The number of rotatable bonds is 12. The first-order valence-electron chi connectivity index (χ1n) is 33.8. The number of hydrogen-bond acceptors (Lipinski definition) is 12. The molecule has 0 saturated heterocycles. The van der Waals surface area contributed by atoms with Crippen molar-refractivity contribution >= 4 is 89.4 Å². The number of Topliss-reactive ketones (excluding diaryl/α,β-unsaturated/α-hetero) is 8. The molecule has 0 aliphatic rings. The van der Waals surface area contributed by atoms with Crippen LogP contribution in [-0.4, -0.2) is 66.2 Å². The van der Waals surface area contributed by atoms with Crippen molar-refractivity contribution in [3.63, 3.8) is 0 Å². The van der Waals surface area contributed by atoms with Gasteiger partial charge in [-0.2, -0.15) is 13.2 Å². The molecule has 111 heavy (non-hydrogen) atoms. The third-order valence-electron chi connectivity index (χ3n) is 15.2. The van der Waals surface area contributed by atoms with Crippen molar-refractivity contribution in [2.45, 2.75) is 129 Å². The molecule has 12 rings (SSSR count). The number of benzene rings is 8. The summed E-state index contributed by atoms with van der Waals surface area (Å²) in [6, 6.07) is 65.3. The Kier molecular flexibility index (Phi) is 43.2. The van der Waals surface area contributed by atoms with Gasteiger partial charge in [0.05, 0.1) is 25.7 Å². The molecule has 0 aliphatic carbocycles. The van der Waals surface area contributed by atoms with E-state index in [1.165, 1.54) is 76.1 Å². The van der Waals surface area contributed by atoms with Crippen LogP contribution in [0.15, 0.2) is 207 Å². The van der Waals surface area contributed by atoms with E-state index in [2.05, 4.69) is 75.4 Å². The molecule has 0 amide bonds. The molecular formula is C89H84F6Ir4N4O8-4. The summed E-state index contributed by atoms with van der Waals surface area (Å²) in [6.07, 6.45) is 2.91. The summed E-state index contributed by atoms with van der Waals surface area (Å²) >= 11 is 0. The predicted molar refractivity (Wildman–Crippen MR) is 410 cm³/mol. The van der Waals surface area contributed by atoms with E-state index in [0.717, 1.165) is 73.0 Å². The number of fused-ring (bicyclic) bond motifs is 4. The second-order valence-corrected chi connectivity index (χ2v) is 27.0. The van der Waals surface area contributed by atoms with Crippen molar-refractivity contribution < 1.29 is 145 Å². The second-order valence-electron chi connectivity index (χ2n) is 27.0. The molecule has 22 heteroatoms. The van der Waals surface area contributed by atoms with Crippen LogP contribution in [0.2, 0.25) is 0 Å². The molecule has 0 atom stereocenters. The number of nitrogens with zero attached hydrogens (tertiary/aromatic N) is 4. The van der Waals surface area contributed by atoms with Gasteiger partial charge in [0, 0.05) is 133 Å². The van der Waals surface area contributed by atoms with Crippen molar-refractivity contribution in [2.75, 3.05) is 0 Å². The molecule has 0 bridgehead atoms. The average molecular weight is 2220 g/mol. The molecule has 0 N–H and O–H groups in total. The van der Waals surface area contributed by atoms with Crippen molar-refractivity contribution in [1.29, 1.82) is 0 Å². The summed E-state index contributed by atoms with van der Waals surface area (Å²) < 4.78 is 77.3. The standard InChI is InChI=1S/C16H9F3N.C16H11FN.C16H12N.C15H8F2N.C11H20O2.3C5H8O2.4Ir/c17-16(18,19)13-7-5-12(6-8-13)15-14-4-2-1-3-11(14)9-10-20-15;1-11-10-13(6-7-15(11)17)16-14-5-3-2-4-12(14)8-9-18-16;1-12-5-4-8-14(9-12)16-10-13-6-2-3-7-15(13)11-17-16;16-12-7-11(8-13(17)9-12)15-14-4-2-1-3-10(14)5-6-18-15;1-10(2,3)8(12)7-9(13)11(4,5)6;3*1-4(6)3-5(2)7;;;;/h1-5,7-10H;2-5,7-10H,1H3;2-7,9-11H,1H3;1-7,9H;7H2,1-6H3;3*3H2,1-2H3;;;;/q4*-1;;;;;;;;. The van der Waals surface area contributed by atoms with E-state index in [4.69, 9.17) is 0 Å². The minimum atomic E-state index is -4.35. The SMILES string of the molecule is CC(=O)CC(C)=O.CC(=O)CC(C)=O.CC(=O)CC(C)=O.CC(C)(C)C(=O)CC(=O)C(C)(C)C.Cc1cc(-c2nccc3ccccc23)[c-]cc1F.Cc1cc[c-]c(-c2cc3ccccc3cn2)c1.FC(F)(F)c1c[c-]c(-c2nccc3ccccc23)cc1.Fc1[c-]c(-c2nccc3ccccc23)cc(F)c1.[Ir].[Ir].[Ir].[Ir]. The van der Waals surface area contributed by atoms with E-state index < -0.39 is 34.2 Å². The number of ketones is 8. The molecule has 590 valence electrons. The van der Waals surface area contributed by atoms with Crippen LogP contribution in [0.4, 0.5) is 26.3 Å². The summed E-state index contributed by atoms with van der Waals surface area (Å²) in [5.74, 6) is -1.92. The molecule has 0 fully saturated rings. The Labute approximate surface area is 698 Å². The molecule has 12 aromatic rings. The van der Waals surface area contributed by atoms with Crippen molar-refractivity contribution in [1.82, 2.24) is 19.9 Å². The number of carbonyl (C=O) groups excluding carboxylic acids is 8. The number of alkyl halides is 3. The van der Waals surface area contributed by atoms with E-state index >= 15 is 0 Å². The van der Waals surface area contributed by atoms with E-state index in [1.54, 1.807) is 31.6 Å². The van der Waals surface area contributed by atoms with Crippen LogP contribution in [0, 0.1) is 66.4 Å². The fourth-order valence-corrected chi connectivity index (χ4v) is 9.79. The largest absolute Gasteiger partial charge is 0.381 e. The smallest absolute Gasteiger partial charge is 0.304 e. The number of aryl methyl sites for hydroxylation is 2. The van der Waals surface area contributed by atoms with Crippen molar-refractivity contribution in [2.24, 2.45) is 10.8 Å². The number of carbonyl (C=O) groups is 8. The second kappa shape index (κ2) is 48.0. The molecule has 0 aliphatic heterocycles. The first-order valence-corrected chi connectivity index (χ1v) is 33.8. The van der Waals surface area contributed by atoms with Gasteiger partial charge in [0.1, 0.15) is 46.3 Å². The molecule has 0 saturated carbocycles. The number of aromatic nitrogens is 4. The Bertz CT molecular complexity index is 4960. The van der Waals surface area contributed by atoms with Crippen LogP contribution in [-0.2, 0) is 125 Å². The van der Waals surface area contributed by atoms with Gasteiger partial charge in [-0.3, -0.25) is 42.7 Å². The molecule has 0 unspecified atom stereocenters. The summed E-state index contributed by atoms with van der Waals surface area (Å²) in [6.45, 7) is 23.3. The van der Waals surface area contributed by atoms with Crippen LogP contribution in [0.25, 0.3) is 88.1 Å². The third-order valence-corrected chi connectivity index (χ3v) is 15.2. The maximum atomic E-state index is 13.3. The van der Waals surface area contributed by atoms with Gasteiger partial charge in [-0.05, 0) is 131 Å². The van der Waals surface area contributed by atoms with Crippen LogP contribution >= 0.6 is 0 Å². The van der Waals surface area contributed by atoms with Gasteiger partial charge in [0.2, 0.25) is 0 Å². The predicted octanol–water partition coefficient (Wildman–Crippen LogP) is 21.1. The fourth-order valence-electron chi connectivity index (χ4n) is 9.79. The van der Waals surface area contributed by atoms with Crippen LogP contribution < -0.4 is 0 Å². The first-order chi connectivity index (χ1) is 50.3. The van der Waals surface area contributed by atoms with E-state index in [9.17, 15) is 64.7 Å². The quantitative estimate of drug-likeness (QED) is 0.0640. The van der Waals surface area contributed by atoms with Crippen LogP contribution in [0.1, 0.15) is 125 Å². The molecular weight excluding hydrogens is 2140 g/mol. The van der Waals surface area contributed by atoms with Crippen molar-refractivity contribution in [3.05, 3.63) is 265 Å². The van der Waals surface area contributed by atoms with Gasteiger partial charge in [0.15, 0.2) is 0 Å². The number of halogens is 6. The minimum absolute atomic E-state index is 0. The van der Waals surface area contributed by atoms with Gasteiger partial charge in [-0.1, -0.05) is 170 Å². The van der Waals surface area contributed by atoms with Gasteiger partial charge < -0.3 is 19.9 Å². The molecule has 4 radical (unpaired) electrons. The summed E-state index contributed by atoms with van der Waals surface area (Å²) in [4.78, 5) is 101. The normalized spacial score (nSPS) is 10.3. The van der Waals surface area contributed by atoms with Gasteiger partial charge in [-0.25, -0.2) is 8.78 Å². The molecule has 8 aromatic carbocycles. The average Bonchev–Trinajstić information content (AvgIpc) is 0.816. The fraction of sp³-hybridized carbons (Fsp3) is 0.236. The minimum Gasteiger partial charge on any atom is -0.304 e.